The van der Waals surface area contributed by atoms with Crippen molar-refractivity contribution in [3.8, 4) is 0 Å². The Balaban J connectivity index is 2.37. The summed E-state index contributed by atoms with van der Waals surface area (Å²) >= 11 is 0. The summed E-state index contributed by atoms with van der Waals surface area (Å²) in [5.74, 6) is -1.05. The van der Waals surface area contributed by atoms with Gasteiger partial charge in [-0.15, -0.1) is 0 Å². The molecule has 2 amide bonds. The first-order valence-electron chi connectivity index (χ1n) is 5.44. The van der Waals surface area contributed by atoms with Crippen LogP contribution in [-0.2, 0) is 4.79 Å². The Morgan fingerprint density at radius 2 is 1.88 bits per heavy atom. The number of carboxylic acid groups (broad SMARTS) is 1. The number of carboxylic acids is 1. The Bertz CT molecular complexity index is 272. The highest BCUT2D eigenvalue weighted by atomic mass is 16.4. The zero-order chi connectivity index (χ0) is 12.2. The van der Waals surface area contributed by atoms with Gasteiger partial charge in [0.15, 0.2) is 0 Å². The van der Waals surface area contributed by atoms with Crippen LogP contribution >= 0.6 is 0 Å². The lowest BCUT2D eigenvalue weighted by atomic mass is 10.1. The lowest BCUT2D eigenvalue weighted by Crippen LogP contribution is -2.55. The molecule has 1 rings (SSSR count). The molecule has 1 heterocycles. The van der Waals surface area contributed by atoms with Gasteiger partial charge in [-0.1, -0.05) is 0 Å². The Morgan fingerprint density at radius 3 is 2.38 bits per heavy atom. The van der Waals surface area contributed by atoms with Gasteiger partial charge in [-0.25, -0.2) is 9.59 Å². The predicted octanol–water partition coefficient (Wildman–Crippen LogP) is -0.0992. The van der Waals surface area contributed by atoms with E-state index in [9.17, 15) is 9.59 Å². The molecule has 0 saturated carbocycles. The minimum absolute atomic E-state index is 0.130. The smallest absolute Gasteiger partial charge is 0.328 e. The van der Waals surface area contributed by atoms with Crippen LogP contribution in [0.3, 0.4) is 0 Å². The summed E-state index contributed by atoms with van der Waals surface area (Å²) in [6, 6.07) is -0.287. The summed E-state index contributed by atoms with van der Waals surface area (Å²) < 4.78 is 0. The van der Waals surface area contributed by atoms with Crippen LogP contribution in [0.5, 0.6) is 0 Å². The molecule has 4 N–H and O–H groups in total. The summed E-state index contributed by atoms with van der Waals surface area (Å²) in [7, 11) is 0. The molecule has 0 aromatic carbocycles. The highest BCUT2D eigenvalue weighted by molar-refractivity contribution is 5.85. The van der Waals surface area contributed by atoms with Crippen molar-refractivity contribution in [1.29, 1.82) is 0 Å². The van der Waals surface area contributed by atoms with Gasteiger partial charge in [0.2, 0.25) is 0 Å². The zero-order valence-corrected chi connectivity index (χ0v) is 9.67. The van der Waals surface area contributed by atoms with Crippen molar-refractivity contribution >= 4 is 12.0 Å². The maximum absolute atomic E-state index is 11.5. The first-order chi connectivity index (χ1) is 7.42. The van der Waals surface area contributed by atoms with Crippen LogP contribution in [0.4, 0.5) is 4.79 Å². The van der Waals surface area contributed by atoms with Crippen molar-refractivity contribution in [3.05, 3.63) is 0 Å². The Labute approximate surface area is 94.8 Å². The van der Waals surface area contributed by atoms with Gasteiger partial charge in [-0.3, -0.25) is 0 Å². The molecule has 0 unspecified atom stereocenters. The van der Waals surface area contributed by atoms with Gasteiger partial charge in [-0.05, 0) is 39.8 Å². The Hall–Kier alpha value is -1.30. The number of carbonyl (C=O) groups excluding carboxylic acids is 1. The van der Waals surface area contributed by atoms with Crippen molar-refractivity contribution in [3.63, 3.8) is 0 Å². The normalized spacial score (nSPS) is 17.9. The van der Waals surface area contributed by atoms with Crippen LogP contribution in [0.25, 0.3) is 0 Å². The maximum Gasteiger partial charge on any atom is 0.328 e. The maximum atomic E-state index is 11.5. The third-order valence-corrected chi connectivity index (χ3v) is 2.64. The van der Waals surface area contributed by atoms with Crippen LogP contribution < -0.4 is 16.0 Å². The first kappa shape index (κ1) is 12.8. The highest BCUT2D eigenvalue weighted by Gasteiger charge is 2.29. The fourth-order valence-corrected chi connectivity index (χ4v) is 1.53. The lowest BCUT2D eigenvalue weighted by molar-refractivity contribution is -0.142. The second kappa shape index (κ2) is 5.16. The van der Waals surface area contributed by atoms with Gasteiger partial charge in [0.25, 0.3) is 0 Å². The summed E-state index contributed by atoms with van der Waals surface area (Å²) in [5, 5.41) is 17.2. The number of piperidine rings is 1. The van der Waals surface area contributed by atoms with Gasteiger partial charge >= 0.3 is 12.0 Å². The standard InChI is InChI=1S/C10H19N3O3/c1-10(2,8(14)15)13-9(16)12-7-3-5-11-6-4-7/h7,11H,3-6H2,1-2H3,(H,14,15)(H2,12,13,16). The Kier molecular flexibility index (Phi) is 4.12. The number of hydrogen-bond acceptors (Lipinski definition) is 3. The lowest BCUT2D eigenvalue weighted by Gasteiger charge is -2.26. The summed E-state index contributed by atoms with van der Waals surface area (Å²) in [4.78, 5) is 22.3. The first-order valence-corrected chi connectivity index (χ1v) is 5.44. The second-order valence-corrected chi connectivity index (χ2v) is 4.55. The van der Waals surface area contributed by atoms with Crippen LogP contribution in [0.1, 0.15) is 26.7 Å². The number of amides is 2. The van der Waals surface area contributed by atoms with Crippen molar-refractivity contribution in [2.75, 3.05) is 13.1 Å². The van der Waals surface area contributed by atoms with E-state index in [0.29, 0.717) is 0 Å². The molecule has 1 aliphatic rings. The summed E-state index contributed by atoms with van der Waals surface area (Å²) in [6.07, 6.45) is 1.75. The van der Waals surface area contributed by atoms with E-state index in [0.717, 1.165) is 25.9 Å². The molecule has 1 saturated heterocycles. The SMILES string of the molecule is CC(C)(NC(=O)NC1CCNCC1)C(=O)O. The summed E-state index contributed by atoms with van der Waals surface area (Å²) in [6.45, 7) is 4.68. The van der Waals surface area contributed by atoms with Gasteiger partial charge in [0, 0.05) is 6.04 Å². The monoisotopic (exact) mass is 229 g/mol. The fourth-order valence-electron chi connectivity index (χ4n) is 1.53. The largest absolute Gasteiger partial charge is 0.480 e. The van der Waals surface area contributed by atoms with Crippen molar-refractivity contribution < 1.29 is 14.7 Å². The van der Waals surface area contributed by atoms with E-state index in [1.807, 2.05) is 0 Å². The molecule has 16 heavy (non-hydrogen) atoms. The molecule has 6 heteroatoms. The van der Waals surface area contributed by atoms with Crippen molar-refractivity contribution in [2.24, 2.45) is 0 Å². The van der Waals surface area contributed by atoms with E-state index in [2.05, 4.69) is 16.0 Å². The molecular weight excluding hydrogens is 210 g/mol. The fraction of sp³-hybridized carbons (Fsp3) is 0.800. The third-order valence-electron chi connectivity index (χ3n) is 2.64. The predicted molar refractivity (Wildman–Crippen MR) is 59.3 cm³/mol. The van der Waals surface area contributed by atoms with Crippen LogP contribution in [0.15, 0.2) is 0 Å². The van der Waals surface area contributed by atoms with E-state index in [-0.39, 0.29) is 6.04 Å². The second-order valence-electron chi connectivity index (χ2n) is 4.55. The molecule has 0 atom stereocenters. The van der Waals surface area contributed by atoms with Crippen LogP contribution in [-0.4, -0.2) is 41.8 Å². The number of rotatable bonds is 3. The highest BCUT2D eigenvalue weighted by Crippen LogP contribution is 2.04. The molecule has 0 aliphatic carbocycles. The molecule has 6 nitrogen and oxygen atoms in total. The van der Waals surface area contributed by atoms with Crippen molar-refractivity contribution in [1.82, 2.24) is 16.0 Å². The number of nitrogens with one attached hydrogen (secondary N) is 3. The van der Waals surface area contributed by atoms with E-state index >= 15 is 0 Å². The number of aliphatic carboxylic acids is 1. The minimum Gasteiger partial charge on any atom is -0.480 e. The zero-order valence-electron chi connectivity index (χ0n) is 9.67. The molecule has 0 spiro atoms. The van der Waals surface area contributed by atoms with E-state index < -0.39 is 17.5 Å². The molecule has 1 aliphatic heterocycles. The number of carbonyl (C=O) groups is 2. The van der Waals surface area contributed by atoms with Crippen molar-refractivity contribution in [2.45, 2.75) is 38.3 Å². The Morgan fingerprint density at radius 1 is 1.31 bits per heavy atom. The van der Waals surface area contributed by atoms with Crippen LogP contribution in [0, 0.1) is 0 Å². The molecular formula is C10H19N3O3. The van der Waals surface area contributed by atoms with Gasteiger partial charge < -0.3 is 21.1 Å². The topological polar surface area (TPSA) is 90.5 Å². The van der Waals surface area contributed by atoms with Gasteiger partial charge in [0.1, 0.15) is 5.54 Å². The molecule has 0 bridgehead atoms. The number of hydrogen-bond donors (Lipinski definition) is 4. The molecule has 1 fully saturated rings. The molecule has 0 radical (unpaired) electrons. The third kappa shape index (κ3) is 3.69. The number of urea groups is 1. The van der Waals surface area contributed by atoms with Gasteiger partial charge in [-0.2, -0.15) is 0 Å². The molecule has 0 aromatic rings. The molecule has 92 valence electrons. The van der Waals surface area contributed by atoms with E-state index in [1.165, 1.54) is 13.8 Å². The molecule has 0 aromatic heterocycles. The van der Waals surface area contributed by atoms with Crippen LogP contribution in [0.2, 0.25) is 0 Å². The quantitative estimate of drug-likeness (QED) is 0.544. The average Bonchev–Trinajstić information content (AvgIpc) is 2.17. The summed E-state index contributed by atoms with van der Waals surface area (Å²) in [5.41, 5.74) is -1.24. The van der Waals surface area contributed by atoms with E-state index in [1.54, 1.807) is 0 Å². The van der Waals surface area contributed by atoms with Gasteiger partial charge in [0.05, 0.1) is 0 Å². The van der Waals surface area contributed by atoms with E-state index in [4.69, 9.17) is 5.11 Å². The average molecular weight is 229 g/mol. The minimum atomic E-state index is -1.24.